The zero-order valence-corrected chi connectivity index (χ0v) is 18.2. The monoisotopic (exact) mass is 447 g/mol. The molecule has 0 atom stereocenters. The van der Waals surface area contributed by atoms with E-state index >= 15 is 0 Å². The first-order valence-corrected chi connectivity index (χ1v) is 10.1. The fourth-order valence-corrected chi connectivity index (χ4v) is 4.04. The summed E-state index contributed by atoms with van der Waals surface area (Å²) in [6, 6.07) is 7.62. The van der Waals surface area contributed by atoms with Crippen LogP contribution in [0.3, 0.4) is 0 Å². The van der Waals surface area contributed by atoms with Gasteiger partial charge in [-0.3, -0.25) is 4.79 Å². The van der Waals surface area contributed by atoms with E-state index in [1.54, 1.807) is 11.8 Å². The lowest BCUT2D eigenvalue weighted by Crippen LogP contribution is -2.41. The van der Waals surface area contributed by atoms with Gasteiger partial charge >= 0.3 is 12.3 Å². The molecule has 0 aliphatic carbocycles. The van der Waals surface area contributed by atoms with Crippen LogP contribution in [0.2, 0.25) is 0 Å². The molecule has 0 radical (unpaired) electrons. The van der Waals surface area contributed by atoms with Crippen LogP contribution in [0.25, 0.3) is 17.2 Å². The van der Waals surface area contributed by atoms with Crippen molar-refractivity contribution < 1.29 is 32.6 Å². The number of carbonyl (C=O) groups is 2. The van der Waals surface area contributed by atoms with Gasteiger partial charge in [-0.1, -0.05) is 19.9 Å². The van der Waals surface area contributed by atoms with Crippen LogP contribution in [0.5, 0.6) is 5.75 Å². The van der Waals surface area contributed by atoms with Crippen LogP contribution in [0, 0.1) is 6.92 Å². The number of amides is 1. The van der Waals surface area contributed by atoms with E-state index in [4.69, 9.17) is 5.11 Å². The molecule has 1 amide bonds. The second kappa shape index (κ2) is 8.33. The highest BCUT2D eigenvalue weighted by atomic mass is 19.4. The van der Waals surface area contributed by atoms with Gasteiger partial charge in [0.25, 0.3) is 0 Å². The summed E-state index contributed by atoms with van der Waals surface area (Å²) in [6.07, 6.45) is -2.39. The number of hydrogen-bond acceptors (Lipinski definition) is 3. The summed E-state index contributed by atoms with van der Waals surface area (Å²) in [5.74, 6) is -1.55. The SMILES string of the molecule is CCN1C(=O)CC(C)(C)c2cc(-c3cc(C=CC(=O)O)ccc3OC(F)(F)F)c(C)cc21. The summed E-state index contributed by atoms with van der Waals surface area (Å²) in [6.45, 7) is 7.96. The van der Waals surface area contributed by atoms with Gasteiger partial charge in [-0.15, -0.1) is 13.2 Å². The third-order valence-electron chi connectivity index (χ3n) is 5.51. The smallest absolute Gasteiger partial charge is 0.478 e. The number of halogens is 3. The van der Waals surface area contributed by atoms with Gasteiger partial charge in [0.1, 0.15) is 5.75 Å². The Morgan fingerprint density at radius 3 is 2.50 bits per heavy atom. The van der Waals surface area contributed by atoms with Gasteiger partial charge in [0, 0.05) is 35.7 Å². The summed E-state index contributed by atoms with van der Waals surface area (Å²) in [7, 11) is 0. The maximum Gasteiger partial charge on any atom is 0.573 e. The van der Waals surface area contributed by atoms with Gasteiger partial charge in [-0.05, 0) is 66.4 Å². The molecule has 0 unspecified atom stereocenters. The van der Waals surface area contributed by atoms with Crippen molar-refractivity contribution in [3.8, 4) is 16.9 Å². The standard InChI is InChI=1S/C24H24F3NO4/c1-5-28-19-10-14(2)16(12-18(19)23(3,4)13-21(28)29)17-11-15(7-9-22(30)31)6-8-20(17)32-24(25,26)27/h6-12H,5,13H2,1-4H3,(H,30,31). The van der Waals surface area contributed by atoms with E-state index in [9.17, 15) is 22.8 Å². The zero-order chi connectivity index (χ0) is 23.8. The van der Waals surface area contributed by atoms with Crippen LogP contribution in [0.15, 0.2) is 36.4 Å². The van der Waals surface area contributed by atoms with Gasteiger partial charge in [0.15, 0.2) is 0 Å². The van der Waals surface area contributed by atoms with E-state index < -0.39 is 17.7 Å². The minimum atomic E-state index is -4.89. The summed E-state index contributed by atoms with van der Waals surface area (Å²) < 4.78 is 43.5. The van der Waals surface area contributed by atoms with Crippen molar-refractivity contribution in [2.75, 3.05) is 11.4 Å². The zero-order valence-electron chi connectivity index (χ0n) is 18.2. The molecule has 1 N–H and O–H groups in total. The Morgan fingerprint density at radius 2 is 1.91 bits per heavy atom. The second-order valence-corrected chi connectivity index (χ2v) is 8.36. The fourth-order valence-electron chi connectivity index (χ4n) is 4.04. The minimum Gasteiger partial charge on any atom is -0.478 e. The van der Waals surface area contributed by atoms with Crippen LogP contribution in [0.4, 0.5) is 18.9 Å². The van der Waals surface area contributed by atoms with E-state index in [1.807, 2.05) is 32.9 Å². The highest BCUT2D eigenvalue weighted by molar-refractivity contribution is 5.99. The Labute approximate surface area is 184 Å². The number of nitrogens with zero attached hydrogens (tertiary/aromatic N) is 1. The van der Waals surface area contributed by atoms with Crippen molar-refractivity contribution in [2.45, 2.75) is 45.9 Å². The largest absolute Gasteiger partial charge is 0.573 e. The van der Waals surface area contributed by atoms with Gasteiger partial charge in [0.2, 0.25) is 5.91 Å². The minimum absolute atomic E-state index is 0.000881. The highest BCUT2D eigenvalue weighted by Crippen LogP contribution is 2.45. The molecule has 0 saturated carbocycles. The molecule has 5 nitrogen and oxygen atoms in total. The van der Waals surface area contributed by atoms with Crippen LogP contribution in [0.1, 0.15) is 43.9 Å². The molecule has 0 saturated heterocycles. The van der Waals surface area contributed by atoms with Gasteiger partial charge in [-0.2, -0.15) is 0 Å². The number of carbonyl (C=O) groups excluding carboxylic acids is 1. The molecule has 0 aromatic heterocycles. The fraction of sp³-hybridized carbons (Fsp3) is 0.333. The maximum atomic E-state index is 13.1. The Morgan fingerprint density at radius 1 is 1.22 bits per heavy atom. The maximum absolute atomic E-state index is 13.1. The number of carboxylic acids is 1. The number of ether oxygens (including phenoxy) is 1. The third kappa shape index (κ3) is 4.79. The van der Waals surface area contributed by atoms with Crippen molar-refractivity contribution in [2.24, 2.45) is 0 Å². The summed E-state index contributed by atoms with van der Waals surface area (Å²) in [5, 5.41) is 8.88. The van der Waals surface area contributed by atoms with Crippen molar-refractivity contribution >= 4 is 23.6 Å². The first kappa shape index (κ1) is 23.4. The molecule has 0 fully saturated rings. The number of hydrogen-bond donors (Lipinski definition) is 1. The van der Waals surface area contributed by atoms with Gasteiger partial charge in [0.05, 0.1) is 0 Å². The lowest BCUT2D eigenvalue weighted by Gasteiger charge is -2.39. The van der Waals surface area contributed by atoms with E-state index in [1.165, 1.54) is 24.3 Å². The molecule has 2 aromatic rings. The average Bonchev–Trinajstić information content (AvgIpc) is 2.65. The van der Waals surface area contributed by atoms with Crippen LogP contribution >= 0.6 is 0 Å². The molecule has 8 heteroatoms. The predicted molar refractivity (Wildman–Crippen MR) is 116 cm³/mol. The van der Waals surface area contributed by atoms with Gasteiger partial charge < -0.3 is 14.7 Å². The van der Waals surface area contributed by atoms with Crippen molar-refractivity contribution in [1.29, 1.82) is 0 Å². The number of carboxylic acid groups (broad SMARTS) is 1. The first-order chi connectivity index (χ1) is 14.8. The average molecular weight is 447 g/mol. The quantitative estimate of drug-likeness (QED) is 0.598. The Bertz CT molecular complexity index is 1100. The molecule has 0 bridgehead atoms. The predicted octanol–water partition coefficient (Wildman–Crippen LogP) is 5.69. The molecular weight excluding hydrogens is 423 g/mol. The Balaban J connectivity index is 2.25. The lowest BCUT2D eigenvalue weighted by molar-refractivity contribution is -0.274. The summed E-state index contributed by atoms with van der Waals surface area (Å²) in [4.78, 5) is 25.1. The Hall–Kier alpha value is -3.29. The van der Waals surface area contributed by atoms with Crippen LogP contribution in [-0.2, 0) is 15.0 Å². The van der Waals surface area contributed by atoms with E-state index in [2.05, 4.69) is 4.74 Å². The van der Waals surface area contributed by atoms with Crippen LogP contribution < -0.4 is 9.64 Å². The lowest BCUT2D eigenvalue weighted by atomic mass is 9.75. The van der Waals surface area contributed by atoms with Crippen LogP contribution in [-0.4, -0.2) is 29.9 Å². The summed E-state index contributed by atoms with van der Waals surface area (Å²) >= 11 is 0. The molecule has 1 heterocycles. The van der Waals surface area contributed by atoms with Crippen molar-refractivity contribution in [1.82, 2.24) is 0 Å². The van der Waals surface area contributed by atoms with Crippen molar-refractivity contribution in [3.05, 3.63) is 53.1 Å². The molecule has 3 rings (SSSR count). The second-order valence-electron chi connectivity index (χ2n) is 8.36. The highest BCUT2D eigenvalue weighted by Gasteiger charge is 2.37. The molecule has 0 spiro atoms. The number of anilines is 1. The molecule has 1 aliphatic rings. The van der Waals surface area contributed by atoms with E-state index in [0.717, 1.165) is 17.3 Å². The number of benzene rings is 2. The molecule has 2 aromatic carbocycles. The number of alkyl halides is 3. The van der Waals surface area contributed by atoms with E-state index in [0.29, 0.717) is 23.2 Å². The molecular formula is C24H24F3NO4. The Kier molecular flexibility index (Phi) is 6.09. The van der Waals surface area contributed by atoms with Gasteiger partial charge in [-0.25, -0.2) is 4.79 Å². The van der Waals surface area contributed by atoms with E-state index in [-0.39, 0.29) is 23.6 Å². The topological polar surface area (TPSA) is 66.8 Å². The normalized spacial score (nSPS) is 15.7. The first-order valence-electron chi connectivity index (χ1n) is 10.1. The van der Waals surface area contributed by atoms with Crippen molar-refractivity contribution in [3.63, 3.8) is 0 Å². The number of fused-ring (bicyclic) bond motifs is 1. The number of aliphatic carboxylic acids is 1. The molecule has 32 heavy (non-hydrogen) atoms. The number of aryl methyl sites for hydroxylation is 1. The number of rotatable bonds is 5. The molecule has 170 valence electrons. The molecule has 1 aliphatic heterocycles. The third-order valence-corrected chi connectivity index (χ3v) is 5.51. The summed E-state index contributed by atoms with van der Waals surface area (Å²) in [5.41, 5.74) is 2.88.